The van der Waals surface area contributed by atoms with Crippen LogP contribution in [0, 0.1) is 0 Å². The molecule has 1 amide bonds. The predicted molar refractivity (Wildman–Crippen MR) is 115 cm³/mol. The fraction of sp³-hybridized carbons (Fsp3) is 0.435. The molecule has 5 nitrogen and oxygen atoms in total. The summed E-state index contributed by atoms with van der Waals surface area (Å²) < 4.78 is 11.3. The van der Waals surface area contributed by atoms with E-state index in [0.717, 1.165) is 25.2 Å². The minimum atomic E-state index is -0.0348. The van der Waals surface area contributed by atoms with Gasteiger partial charge in [-0.05, 0) is 43.2 Å². The Balaban J connectivity index is 1.37. The van der Waals surface area contributed by atoms with Gasteiger partial charge in [-0.25, -0.2) is 0 Å². The molecule has 6 heteroatoms. The number of hydrogen-bond donors (Lipinski definition) is 1. The van der Waals surface area contributed by atoms with E-state index in [9.17, 15) is 4.79 Å². The Hall–Kier alpha value is -2.08. The second kappa shape index (κ2) is 10.6. The molecule has 0 bridgehead atoms. The lowest BCUT2D eigenvalue weighted by molar-refractivity contribution is -0.121. The molecule has 1 N–H and O–H groups in total. The highest BCUT2D eigenvalue weighted by Gasteiger charge is 2.21. The lowest BCUT2D eigenvalue weighted by Crippen LogP contribution is -2.44. The zero-order valence-corrected chi connectivity index (χ0v) is 17.8. The maximum absolute atomic E-state index is 12.0. The van der Waals surface area contributed by atoms with Crippen LogP contribution >= 0.6 is 11.6 Å². The Bertz CT molecular complexity index is 787. The van der Waals surface area contributed by atoms with Gasteiger partial charge in [0.05, 0.1) is 25.2 Å². The molecular formula is C23H29ClN2O3. The molecule has 0 spiro atoms. The number of rotatable bonds is 8. The number of carbonyl (C=O) groups excluding carboxylic acids is 1. The van der Waals surface area contributed by atoms with Crippen molar-refractivity contribution in [3.05, 3.63) is 64.7 Å². The Labute approximate surface area is 177 Å². The van der Waals surface area contributed by atoms with Crippen LogP contribution in [-0.4, -0.2) is 42.7 Å². The van der Waals surface area contributed by atoms with Gasteiger partial charge in [0.2, 0.25) is 5.91 Å². The van der Waals surface area contributed by atoms with Gasteiger partial charge in [0.1, 0.15) is 5.75 Å². The Kier molecular flexibility index (Phi) is 7.92. The Morgan fingerprint density at radius 2 is 1.83 bits per heavy atom. The minimum absolute atomic E-state index is 0.0348. The van der Waals surface area contributed by atoms with Crippen LogP contribution in [0.1, 0.15) is 31.4 Å². The summed E-state index contributed by atoms with van der Waals surface area (Å²) in [5.41, 5.74) is 2.36. The van der Waals surface area contributed by atoms with Crippen molar-refractivity contribution in [1.29, 1.82) is 0 Å². The maximum atomic E-state index is 12.0. The lowest BCUT2D eigenvalue weighted by Gasteiger charge is -2.35. The molecule has 29 heavy (non-hydrogen) atoms. The first-order chi connectivity index (χ1) is 14.0. The molecular weight excluding hydrogens is 388 g/mol. The molecule has 0 saturated carbocycles. The molecule has 1 saturated heterocycles. The number of halogens is 1. The van der Waals surface area contributed by atoms with Crippen LogP contribution in [0.4, 0.5) is 0 Å². The largest absolute Gasteiger partial charge is 0.493 e. The van der Waals surface area contributed by atoms with Crippen LogP contribution in [-0.2, 0) is 22.6 Å². The van der Waals surface area contributed by atoms with Crippen molar-refractivity contribution in [3.63, 3.8) is 0 Å². The summed E-state index contributed by atoms with van der Waals surface area (Å²) in [5.74, 6) is 0.636. The number of nitrogens with zero attached hydrogens (tertiary/aromatic N) is 1. The molecule has 156 valence electrons. The maximum Gasteiger partial charge on any atom is 0.223 e. The highest BCUT2D eigenvalue weighted by molar-refractivity contribution is 6.30. The number of nitrogens with one attached hydrogen (secondary N) is 1. The van der Waals surface area contributed by atoms with Crippen molar-refractivity contribution in [1.82, 2.24) is 10.2 Å². The smallest absolute Gasteiger partial charge is 0.223 e. The van der Waals surface area contributed by atoms with Crippen LogP contribution in [0.25, 0.3) is 0 Å². The van der Waals surface area contributed by atoms with Crippen LogP contribution in [0.5, 0.6) is 5.75 Å². The zero-order valence-electron chi connectivity index (χ0n) is 17.1. The number of carbonyl (C=O) groups is 1. The topological polar surface area (TPSA) is 50.8 Å². The fourth-order valence-electron chi connectivity index (χ4n) is 3.54. The van der Waals surface area contributed by atoms with Crippen molar-refractivity contribution >= 4 is 17.5 Å². The summed E-state index contributed by atoms with van der Waals surface area (Å²) in [6.45, 7) is 7.91. The monoisotopic (exact) mass is 416 g/mol. The molecule has 2 unspecified atom stereocenters. The normalized spacial score (nSPS) is 19.7. The molecule has 0 aromatic heterocycles. The highest BCUT2D eigenvalue weighted by atomic mass is 35.5. The molecule has 1 heterocycles. The van der Waals surface area contributed by atoms with Gasteiger partial charge in [-0.15, -0.1) is 0 Å². The quantitative estimate of drug-likeness (QED) is 0.705. The van der Waals surface area contributed by atoms with E-state index in [1.165, 1.54) is 5.56 Å². The molecule has 1 aliphatic heterocycles. The minimum Gasteiger partial charge on any atom is -0.493 e. The van der Waals surface area contributed by atoms with E-state index in [-0.39, 0.29) is 18.1 Å². The standard InChI is InChI=1S/C23H29ClN2O3/c1-17-14-26(15-18(2)29-17)16-20-8-6-19(7-9-20)13-25-23(27)10-11-28-22-5-3-4-21(24)12-22/h3-9,12,17-18H,10-11,13-16H2,1-2H3,(H,25,27). The number of morpholine rings is 1. The molecule has 0 aliphatic carbocycles. The predicted octanol–water partition coefficient (Wildman–Crippen LogP) is 4.03. The summed E-state index contributed by atoms with van der Waals surface area (Å²) in [6.07, 6.45) is 0.852. The molecule has 3 rings (SSSR count). The Morgan fingerprint density at radius 3 is 2.52 bits per heavy atom. The molecule has 2 aromatic carbocycles. The average molecular weight is 417 g/mol. The summed E-state index contributed by atoms with van der Waals surface area (Å²) in [6, 6.07) is 15.6. The number of hydrogen-bond acceptors (Lipinski definition) is 4. The lowest BCUT2D eigenvalue weighted by atomic mass is 10.1. The zero-order chi connectivity index (χ0) is 20.6. The third-order valence-electron chi connectivity index (χ3n) is 4.81. The molecule has 2 atom stereocenters. The Morgan fingerprint density at radius 1 is 1.14 bits per heavy atom. The van der Waals surface area contributed by atoms with Gasteiger partial charge in [-0.1, -0.05) is 41.9 Å². The summed E-state index contributed by atoms with van der Waals surface area (Å²) in [5, 5.41) is 3.56. The molecule has 2 aromatic rings. The second-order valence-corrected chi connectivity index (χ2v) is 8.04. The summed E-state index contributed by atoms with van der Waals surface area (Å²) >= 11 is 5.91. The first kappa shape index (κ1) is 21.6. The first-order valence-corrected chi connectivity index (χ1v) is 10.5. The average Bonchev–Trinajstić information content (AvgIpc) is 2.67. The van der Waals surface area contributed by atoms with E-state index in [1.54, 1.807) is 12.1 Å². The van der Waals surface area contributed by atoms with Gasteiger partial charge in [0.25, 0.3) is 0 Å². The highest BCUT2D eigenvalue weighted by Crippen LogP contribution is 2.17. The number of benzene rings is 2. The van der Waals surface area contributed by atoms with E-state index < -0.39 is 0 Å². The van der Waals surface area contributed by atoms with Crippen LogP contribution in [0.15, 0.2) is 48.5 Å². The van der Waals surface area contributed by atoms with Gasteiger partial charge in [-0.3, -0.25) is 9.69 Å². The van der Waals surface area contributed by atoms with Crippen molar-refractivity contribution in [2.24, 2.45) is 0 Å². The fourth-order valence-corrected chi connectivity index (χ4v) is 3.72. The van der Waals surface area contributed by atoms with Crippen molar-refractivity contribution < 1.29 is 14.3 Å². The SMILES string of the molecule is CC1CN(Cc2ccc(CNC(=O)CCOc3cccc(Cl)c3)cc2)CC(C)O1. The van der Waals surface area contributed by atoms with Crippen molar-refractivity contribution in [2.45, 2.75) is 45.6 Å². The summed E-state index contributed by atoms with van der Waals surface area (Å²) in [4.78, 5) is 14.5. The number of ether oxygens (including phenoxy) is 2. The second-order valence-electron chi connectivity index (χ2n) is 7.60. The molecule has 0 radical (unpaired) electrons. The third-order valence-corrected chi connectivity index (χ3v) is 5.04. The van der Waals surface area contributed by atoms with E-state index in [1.807, 2.05) is 12.1 Å². The van der Waals surface area contributed by atoms with Crippen LogP contribution < -0.4 is 10.1 Å². The summed E-state index contributed by atoms with van der Waals surface area (Å²) in [7, 11) is 0. The van der Waals surface area contributed by atoms with E-state index in [0.29, 0.717) is 30.3 Å². The van der Waals surface area contributed by atoms with Gasteiger partial charge in [0.15, 0.2) is 0 Å². The van der Waals surface area contributed by atoms with Gasteiger partial charge in [-0.2, -0.15) is 0 Å². The first-order valence-electron chi connectivity index (χ1n) is 10.1. The number of amides is 1. The van der Waals surface area contributed by atoms with Gasteiger partial charge >= 0.3 is 0 Å². The van der Waals surface area contributed by atoms with E-state index in [2.05, 4.69) is 48.3 Å². The molecule has 1 fully saturated rings. The van der Waals surface area contributed by atoms with E-state index >= 15 is 0 Å². The van der Waals surface area contributed by atoms with Gasteiger partial charge in [0, 0.05) is 31.2 Å². The van der Waals surface area contributed by atoms with Crippen molar-refractivity contribution in [2.75, 3.05) is 19.7 Å². The van der Waals surface area contributed by atoms with Gasteiger partial charge < -0.3 is 14.8 Å². The third kappa shape index (κ3) is 7.35. The van der Waals surface area contributed by atoms with Crippen LogP contribution in [0.2, 0.25) is 5.02 Å². The van der Waals surface area contributed by atoms with Crippen LogP contribution in [0.3, 0.4) is 0 Å². The van der Waals surface area contributed by atoms with Crippen molar-refractivity contribution in [3.8, 4) is 5.75 Å². The van der Waals surface area contributed by atoms with E-state index in [4.69, 9.17) is 21.1 Å². The molecule has 1 aliphatic rings.